The third-order valence-corrected chi connectivity index (χ3v) is 3.43. The van der Waals surface area contributed by atoms with Gasteiger partial charge in [0.15, 0.2) is 0 Å². The molecule has 3 nitrogen and oxygen atoms in total. The minimum absolute atomic E-state index is 0.126. The van der Waals surface area contributed by atoms with Crippen molar-refractivity contribution in [2.45, 2.75) is 19.4 Å². The number of benzene rings is 1. The molecule has 2 rings (SSSR count). The second-order valence-electron chi connectivity index (χ2n) is 4.27. The molecule has 3 N–H and O–H groups in total. The van der Waals surface area contributed by atoms with Crippen LogP contribution in [0.4, 0.5) is 0 Å². The van der Waals surface area contributed by atoms with Crippen molar-refractivity contribution in [2.75, 3.05) is 13.2 Å². The maximum atomic E-state index is 6.02. The number of hydrogen-bond donors (Lipinski definition) is 2. The molecule has 2 unspecified atom stereocenters. The van der Waals surface area contributed by atoms with Gasteiger partial charge in [-0.2, -0.15) is 0 Å². The fourth-order valence-corrected chi connectivity index (χ4v) is 2.42. The molecule has 0 aromatic heterocycles. The monoisotopic (exact) mass is 240 g/mol. The number of rotatable bonds is 3. The van der Waals surface area contributed by atoms with E-state index in [0.717, 1.165) is 24.7 Å². The number of nitrogens with one attached hydrogen (secondary N) is 1. The van der Waals surface area contributed by atoms with Gasteiger partial charge in [-0.25, -0.2) is 0 Å². The highest BCUT2D eigenvalue weighted by Gasteiger charge is 2.27. The fraction of sp³-hybridized carbons (Fsp3) is 0.500. The van der Waals surface area contributed by atoms with E-state index in [0.29, 0.717) is 5.92 Å². The van der Waals surface area contributed by atoms with E-state index in [1.807, 2.05) is 18.2 Å². The summed E-state index contributed by atoms with van der Waals surface area (Å²) in [5, 5.41) is 0.750. The first kappa shape index (κ1) is 11.9. The van der Waals surface area contributed by atoms with Crippen molar-refractivity contribution in [1.82, 2.24) is 5.43 Å². The molecule has 1 aromatic carbocycles. The molecule has 16 heavy (non-hydrogen) atoms. The highest BCUT2D eigenvalue weighted by atomic mass is 35.5. The zero-order valence-corrected chi connectivity index (χ0v) is 10.1. The van der Waals surface area contributed by atoms with Crippen molar-refractivity contribution in [3.8, 4) is 0 Å². The van der Waals surface area contributed by atoms with E-state index in [-0.39, 0.29) is 6.04 Å². The van der Waals surface area contributed by atoms with Crippen LogP contribution in [0.5, 0.6) is 0 Å². The van der Waals surface area contributed by atoms with Gasteiger partial charge in [-0.1, -0.05) is 17.7 Å². The molecule has 4 heteroatoms. The number of nitrogens with two attached hydrogens (primary N) is 1. The van der Waals surface area contributed by atoms with Crippen LogP contribution in [0.15, 0.2) is 18.2 Å². The van der Waals surface area contributed by atoms with Crippen LogP contribution >= 0.6 is 11.6 Å². The second kappa shape index (κ2) is 5.15. The topological polar surface area (TPSA) is 47.3 Å². The summed E-state index contributed by atoms with van der Waals surface area (Å²) in [6.45, 7) is 3.66. The Hall–Kier alpha value is -0.610. The van der Waals surface area contributed by atoms with E-state index >= 15 is 0 Å². The summed E-state index contributed by atoms with van der Waals surface area (Å²) in [5.74, 6) is 6.09. The smallest absolute Gasteiger partial charge is 0.0514 e. The highest BCUT2D eigenvalue weighted by Crippen LogP contribution is 2.31. The number of hydrazine groups is 1. The molecule has 0 bridgehead atoms. The summed E-state index contributed by atoms with van der Waals surface area (Å²) in [6, 6.07) is 6.04. The average molecular weight is 241 g/mol. The molecule has 1 aromatic rings. The number of ether oxygens (including phenoxy) is 1. The van der Waals surface area contributed by atoms with Gasteiger partial charge in [0.25, 0.3) is 0 Å². The van der Waals surface area contributed by atoms with Crippen molar-refractivity contribution in [1.29, 1.82) is 0 Å². The minimum Gasteiger partial charge on any atom is -0.381 e. The molecule has 1 saturated heterocycles. The van der Waals surface area contributed by atoms with Crippen molar-refractivity contribution in [3.63, 3.8) is 0 Å². The molecular formula is C12H17ClN2O. The van der Waals surface area contributed by atoms with Crippen molar-refractivity contribution < 1.29 is 4.74 Å². The first-order valence-corrected chi connectivity index (χ1v) is 5.90. The molecular weight excluding hydrogens is 224 g/mol. The summed E-state index contributed by atoms with van der Waals surface area (Å²) < 4.78 is 5.40. The summed E-state index contributed by atoms with van der Waals surface area (Å²) in [6.07, 6.45) is 1.04. The van der Waals surface area contributed by atoms with Gasteiger partial charge in [0.1, 0.15) is 0 Å². The largest absolute Gasteiger partial charge is 0.381 e. The molecule has 1 aliphatic heterocycles. The Kier molecular flexibility index (Phi) is 3.82. The average Bonchev–Trinajstić information content (AvgIpc) is 2.78. The summed E-state index contributed by atoms with van der Waals surface area (Å²) in [7, 11) is 0. The predicted octanol–water partition coefficient (Wildman–Crippen LogP) is 2.19. The van der Waals surface area contributed by atoms with E-state index in [2.05, 4.69) is 12.3 Å². The lowest BCUT2D eigenvalue weighted by atomic mass is 9.90. The van der Waals surface area contributed by atoms with Crippen LogP contribution in [0.3, 0.4) is 0 Å². The Balaban J connectivity index is 2.28. The van der Waals surface area contributed by atoms with Crippen LogP contribution in [-0.2, 0) is 4.74 Å². The number of aryl methyl sites for hydroxylation is 1. The molecule has 0 aliphatic carbocycles. The maximum absolute atomic E-state index is 6.02. The molecule has 1 aliphatic rings. The quantitative estimate of drug-likeness (QED) is 0.629. The summed E-state index contributed by atoms with van der Waals surface area (Å²) in [5.41, 5.74) is 5.27. The molecule has 88 valence electrons. The van der Waals surface area contributed by atoms with E-state index in [9.17, 15) is 0 Å². The predicted molar refractivity (Wildman–Crippen MR) is 65.2 cm³/mol. The zero-order valence-electron chi connectivity index (χ0n) is 9.37. The summed E-state index contributed by atoms with van der Waals surface area (Å²) >= 11 is 6.02. The van der Waals surface area contributed by atoms with Gasteiger partial charge in [-0.3, -0.25) is 11.3 Å². The van der Waals surface area contributed by atoms with Crippen LogP contribution in [0.1, 0.15) is 23.6 Å². The van der Waals surface area contributed by atoms with E-state index < -0.39 is 0 Å². The molecule has 0 radical (unpaired) electrons. The zero-order chi connectivity index (χ0) is 11.5. The van der Waals surface area contributed by atoms with Gasteiger partial charge in [0.05, 0.1) is 12.6 Å². The Bertz CT molecular complexity index is 364. The van der Waals surface area contributed by atoms with Gasteiger partial charge >= 0.3 is 0 Å². The highest BCUT2D eigenvalue weighted by molar-refractivity contribution is 6.30. The van der Waals surface area contributed by atoms with Gasteiger partial charge < -0.3 is 4.74 Å². The second-order valence-corrected chi connectivity index (χ2v) is 4.71. The fourth-order valence-electron chi connectivity index (χ4n) is 2.24. The molecule has 0 spiro atoms. The minimum atomic E-state index is 0.126. The SMILES string of the molecule is Cc1ccc(Cl)cc1C(NN)C1CCOC1. The van der Waals surface area contributed by atoms with Crippen LogP contribution in [-0.4, -0.2) is 13.2 Å². The van der Waals surface area contributed by atoms with Gasteiger partial charge in [-0.05, 0) is 36.6 Å². The van der Waals surface area contributed by atoms with Gasteiger partial charge in [0.2, 0.25) is 0 Å². The lowest BCUT2D eigenvalue weighted by molar-refractivity contribution is 0.176. The third kappa shape index (κ3) is 2.38. The molecule has 0 saturated carbocycles. The Morgan fingerprint density at radius 1 is 1.56 bits per heavy atom. The van der Waals surface area contributed by atoms with Crippen LogP contribution in [0, 0.1) is 12.8 Å². The number of hydrogen-bond acceptors (Lipinski definition) is 3. The molecule has 2 atom stereocenters. The molecule has 1 fully saturated rings. The Morgan fingerprint density at radius 3 is 3.00 bits per heavy atom. The molecule has 1 heterocycles. The maximum Gasteiger partial charge on any atom is 0.0514 e. The third-order valence-electron chi connectivity index (χ3n) is 3.19. The van der Waals surface area contributed by atoms with Crippen LogP contribution < -0.4 is 11.3 Å². The van der Waals surface area contributed by atoms with Crippen LogP contribution in [0.25, 0.3) is 0 Å². The first-order valence-electron chi connectivity index (χ1n) is 5.52. The van der Waals surface area contributed by atoms with Gasteiger partial charge in [0, 0.05) is 17.5 Å². The van der Waals surface area contributed by atoms with Crippen molar-refractivity contribution >= 4 is 11.6 Å². The normalized spacial score (nSPS) is 22.3. The first-order chi connectivity index (χ1) is 7.72. The van der Waals surface area contributed by atoms with Gasteiger partial charge in [-0.15, -0.1) is 0 Å². The number of halogens is 1. The van der Waals surface area contributed by atoms with Crippen LogP contribution in [0.2, 0.25) is 5.02 Å². The van der Waals surface area contributed by atoms with E-state index in [4.69, 9.17) is 22.2 Å². The standard InChI is InChI=1S/C12H17ClN2O/c1-8-2-3-10(13)6-11(8)12(15-14)9-4-5-16-7-9/h2-3,6,9,12,15H,4-5,7,14H2,1H3. The van der Waals surface area contributed by atoms with Crippen molar-refractivity contribution in [3.05, 3.63) is 34.3 Å². The van der Waals surface area contributed by atoms with Crippen molar-refractivity contribution in [2.24, 2.45) is 11.8 Å². The Morgan fingerprint density at radius 2 is 2.38 bits per heavy atom. The van der Waals surface area contributed by atoms with E-state index in [1.54, 1.807) is 0 Å². The summed E-state index contributed by atoms with van der Waals surface area (Å²) in [4.78, 5) is 0. The lowest BCUT2D eigenvalue weighted by Crippen LogP contribution is -2.34. The lowest BCUT2D eigenvalue weighted by Gasteiger charge is -2.23. The van der Waals surface area contributed by atoms with E-state index in [1.165, 1.54) is 11.1 Å². The molecule has 0 amide bonds. The Labute approximate surface area is 101 Å².